The summed E-state index contributed by atoms with van der Waals surface area (Å²) in [4.78, 5) is 14.5. The zero-order valence-electron chi connectivity index (χ0n) is 19.7. The van der Waals surface area contributed by atoms with Crippen LogP contribution < -0.4 is 4.74 Å². The molecule has 0 atom stereocenters. The molecule has 3 nitrogen and oxygen atoms in total. The van der Waals surface area contributed by atoms with Gasteiger partial charge in [0, 0.05) is 21.2 Å². The van der Waals surface area contributed by atoms with Gasteiger partial charge in [-0.05, 0) is 91.9 Å². The molecule has 0 bridgehead atoms. The molecule has 0 spiro atoms. The predicted octanol–water partition coefficient (Wildman–Crippen LogP) is 8.37. The second-order valence-electron chi connectivity index (χ2n) is 9.15. The molecule has 4 heteroatoms. The molecule has 0 saturated heterocycles. The molecule has 0 aliphatic heterocycles. The van der Waals surface area contributed by atoms with Crippen LogP contribution in [0.15, 0.2) is 97.1 Å². The molecule has 0 radical (unpaired) electrons. The van der Waals surface area contributed by atoms with E-state index in [9.17, 15) is 4.79 Å². The van der Waals surface area contributed by atoms with Crippen molar-refractivity contribution >= 4 is 36.6 Å². The van der Waals surface area contributed by atoms with Gasteiger partial charge in [-0.3, -0.25) is 0 Å². The molecule has 0 N–H and O–H groups in total. The van der Waals surface area contributed by atoms with Crippen molar-refractivity contribution < 1.29 is 14.3 Å². The highest BCUT2D eigenvalue weighted by atomic mass is 32.2. The van der Waals surface area contributed by atoms with Gasteiger partial charge in [0.25, 0.3) is 0 Å². The van der Waals surface area contributed by atoms with Crippen LogP contribution in [0.3, 0.4) is 0 Å². The van der Waals surface area contributed by atoms with Crippen molar-refractivity contribution in [3.05, 3.63) is 108 Å². The maximum atomic E-state index is 13.3. The number of fused-ring (bicyclic) bond motifs is 3. The van der Waals surface area contributed by atoms with Crippen molar-refractivity contribution in [3.8, 4) is 10.6 Å². The van der Waals surface area contributed by atoms with E-state index in [0.29, 0.717) is 5.56 Å². The number of carbonyl (C=O) groups is 1. The molecule has 6 rings (SSSR count). The average Bonchev–Trinajstić information content (AvgIpc) is 3.52. The molecule has 1 aliphatic rings. The maximum Gasteiger partial charge on any atom is 0.339 e. The van der Waals surface area contributed by atoms with Gasteiger partial charge < -0.3 is 9.47 Å². The molecule has 1 fully saturated rings. The van der Waals surface area contributed by atoms with E-state index in [0.717, 1.165) is 37.0 Å². The number of rotatable bonds is 5. The van der Waals surface area contributed by atoms with Gasteiger partial charge in [-0.25, -0.2) is 4.79 Å². The van der Waals surface area contributed by atoms with Crippen molar-refractivity contribution in [2.45, 2.75) is 31.3 Å². The zero-order valence-corrected chi connectivity index (χ0v) is 20.5. The predicted molar refractivity (Wildman–Crippen MR) is 144 cm³/mol. The second kappa shape index (κ2) is 8.86. The van der Waals surface area contributed by atoms with E-state index in [-0.39, 0.29) is 16.4 Å². The number of methoxy groups -OCH3 is 1. The van der Waals surface area contributed by atoms with Gasteiger partial charge in [-0.1, -0.05) is 36.4 Å². The van der Waals surface area contributed by atoms with Crippen LogP contribution in [0.25, 0.3) is 25.1 Å². The lowest BCUT2D eigenvalue weighted by Gasteiger charge is -2.30. The van der Waals surface area contributed by atoms with E-state index >= 15 is 0 Å². The van der Waals surface area contributed by atoms with E-state index < -0.39 is 5.60 Å². The molecule has 4 aromatic carbocycles. The van der Waals surface area contributed by atoms with Gasteiger partial charge >= 0.3 is 5.97 Å². The summed E-state index contributed by atoms with van der Waals surface area (Å²) in [6.07, 6.45) is 3.76. The van der Waals surface area contributed by atoms with Crippen molar-refractivity contribution in [1.82, 2.24) is 0 Å². The molecule has 5 aromatic rings. The lowest BCUT2D eigenvalue weighted by molar-refractivity contribution is -0.0184. The van der Waals surface area contributed by atoms with Gasteiger partial charge in [0.05, 0.1) is 12.7 Å². The number of carbonyl (C=O) groups excluding carboxylic acids is 1. The normalized spacial score (nSPS) is 14.9. The maximum absolute atomic E-state index is 13.3. The topological polar surface area (TPSA) is 35.5 Å². The van der Waals surface area contributed by atoms with E-state index in [1.54, 1.807) is 7.11 Å². The van der Waals surface area contributed by atoms with E-state index in [4.69, 9.17) is 9.47 Å². The highest BCUT2D eigenvalue weighted by Crippen LogP contribution is 2.48. The molecule has 35 heavy (non-hydrogen) atoms. The summed E-state index contributed by atoms with van der Waals surface area (Å²) in [6.45, 7) is 0. The fourth-order valence-electron chi connectivity index (χ4n) is 5.37. The van der Waals surface area contributed by atoms with Crippen molar-refractivity contribution in [1.29, 1.82) is 0 Å². The first-order valence-electron chi connectivity index (χ1n) is 12.1. The fourth-order valence-corrected chi connectivity index (χ4v) is 7.75. The summed E-state index contributed by atoms with van der Waals surface area (Å²) in [5, 5.41) is 2.60. The first-order valence-corrected chi connectivity index (χ1v) is 13.3. The Bertz CT molecular complexity index is 1470. The van der Waals surface area contributed by atoms with Crippen LogP contribution in [0.1, 0.15) is 41.6 Å². The fraction of sp³-hybridized carbons (Fsp3) is 0.194. The van der Waals surface area contributed by atoms with Crippen molar-refractivity contribution in [3.63, 3.8) is 0 Å². The van der Waals surface area contributed by atoms with E-state index in [2.05, 4.69) is 60.7 Å². The Morgan fingerprint density at radius 1 is 0.771 bits per heavy atom. The Balaban J connectivity index is 1.33. The van der Waals surface area contributed by atoms with E-state index in [1.165, 1.54) is 25.1 Å². The van der Waals surface area contributed by atoms with Crippen LogP contribution in [0.4, 0.5) is 0 Å². The van der Waals surface area contributed by atoms with Gasteiger partial charge in [0.15, 0.2) is 14.3 Å². The summed E-state index contributed by atoms with van der Waals surface area (Å²) >= 11 is 0. The molecule has 1 aromatic heterocycles. The third-order valence-corrected chi connectivity index (χ3v) is 9.46. The van der Waals surface area contributed by atoms with Crippen LogP contribution in [0.2, 0.25) is 0 Å². The van der Waals surface area contributed by atoms with Crippen LogP contribution in [0, 0.1) is 0 Å². The van der Waals surface area contributed by atoms with Gasteiger partial charge in [0.2, 0.25) is 0 Å². The number of esters is 1. The minimum Gasteiger partial charge on any atom is -0.497 e. The molecule has 1 heterocycles. The van der Waals surface area contributed by atoms with Gasteiger partial charge in [-0.2, -0.15) is 0 Å². The lowest BCUT2D eigenvalue weighted by atomic mass is 9.91. The van der Waals surface area contributed by atoms with Crippen molar-refractivity contribution in [2.75, 3.05) is 7.11 Å². The quantitative estimate of drug-likeness (QED) is 0.188. The number of hydrogen-bond donors (Lipinski definition) is 0. The largest absolute Gasteiger partial charge is 0.497 e. The third-order valence-electron chi connectivity index (χ3n) is 7.12. The smallest absolute Gasteiger partial charge is 0.339 e. The first-order chi connectivity index (χ1) is 17.2. The van der Waals surface area contributed by atoms with Crippen LogP contribution in [-0.2, 0) is 10.3 Å². The average molecular weight is 480 g/mol. The van der Waals surface area contributed by atoms with E-state index in [1.807, 2.05) is 36.4 Å². The molecule has 1 aliphatic carbocycles. The van der Waals surface area contributed by atoms with Crippen molar-refractivity contribution in [2.24, 2.45) is 0 Å². The Morgan fingerprint density at radius 3 is 2.03 bits per heavy atom. The molecular formula is C31H27O3S+. The Hall–Kier alpha value is -3.63. The number of benzene rings is 4. The molecule has 0 unspecified atom stereocenters. The monoisotopic (exact) mass is 479 g/mol. The minimum absolute atomic E-state index is 0.174. The van der Waals surface area contributed by atoms with Crippen LogP contribution in [-0.4, -0.2) is 13.1 Å². The molecular weight excluding hydrogens is 452 g/mol. The Morgan fingerprint density at radius 2 is 1.40 bits per heavy atom. The second-order valence-corrected chi connectivity index (χ2v) is 11.1. The summed E-state index contributed by atoms with van der Waals surface area (Å²) < 4.78 is 14.4. The molecule has 174 valence electrons. The number of hydrogen-bond acceptors (Lipinski definition) is 3. The summed E-state index contributed by atoms with van der Waals surface area (Å²) in [5.74, 6) is 0.518. The Kier molecular flexibility index (Phi) is 5.54. The minimum atomic E-state index is -0.588. The lowest BCUT2D eigenvalue weighted by Crippen LogP contribution is -2.29. The molecule has 0 amide bonds. The first kappa shape index (κ1) is 21.9. The number of thiophene rings is 1. The van der Waals surface area contributed by atoms with Crippen LogP contribution in [0.5, 0.6) is 5.75 Å². The number of ether oxygens (including phenoxy) is 2. The highest BCUT2D eigenvalue weighted by Gasteiger charge is 2.40. The highest BCUT2D eigenvalue weighted by molar-refractivity contribution is 7.50. The standard InChI is InChI=1S/C31H27O3S/c1-33-24-10-8-9-23(21-24)31(19-6-7-20-31)34-30(32)22-15-17-25(18-16-22)35-28-13-4-2-11-26(28)27-12-3-5-14-29(27)35/h2-5,8-18,21H,6-7,19-20H2,1H3/q+1. The van der Waals surface area contributed by atoms with Crippen LogP contribution >= 0.6 is 10.5 Å². The SMILES string of the molecule is COc1cccc(C2(OC(=O)c3ccc(-[s+]4c5ccccc5c5ccccc54)cc3)CCCC2)c1. The zero-order chi connectivity index (χ0) is 23.8. The summed E-state index contributed by atoms with van der Waals surface area (Å²) in [6, 6.07) is 33.2. The summed E-state index contributed by atoms with van der Waals surface area (Å²) in [5.41, 5.74) is 1.02. The summed E-state index contributed by atoms with van der Waals surface area (Å²) in [7, 11) is 1.49. The van der Waals surface area contributed by atoms with Gasteiger partial charge in [0.1, 0.15) is 11.4 Å². The molecule has 1 saturated carbocycles. The third kappa shape index (κ3) is 3.78. The van der Waals surface area contributed by atoms with Gasteiger partial charge in [-0.15, -0.1) is 0 Å². The Labute approximate surface area is 207 Å².